The molecular weight excluding hydrogens is 239 g/mol. The highest BCUT2D eigenvalue weighted by Gasteiger charge is 2.23. The second-order valence-corrected chi connectivity index (χ2v) is 4.42. The van der Waals surface area contributed by atoms with Crippen molar-refractivity contribution < 1.29 is 4.39 Å². The highest BCUT2D eigenvalue weighted by atomic mass is 35.5. The molecule has 1 saturated carbocycles. The molecule has 1 aromatic rings. The number of benzene rings is 1. The summed E-state index contributed by atoms with van der Waals surface area (Å²) < 4.78 is 13.1. The van der Waals surface area contributed by atoms with E-state index in [9.17, 15) is 4.39 Å². The molecule has 0 heterocycles. The van der Waals surface area contributed by atoms with Crippen molar-refractivity contribution in [2.75, 3.05) is 0 Å². The maximum Gasteiger partial charge on any atom is 0.140 e. The first-order valence-corrected chi connectivity index (χ1v) is 5.67. The number of nitriles is 1. The van der Waals surface area contributed by atoms with Crippen LogP contribution in [0.15, 0.2) is 18.2 Å². The first kappa shape index (κ1) is 14.0. The topological polar surface area (TPSA) is 49.8 Å². The van der Waals surface area contributed by atoms with Crippen LogP contribution in [0, 0.1) is 23.1 Å². The van der Waals surface area contributed by atoms with Gasteiger partial charge in [0.25, 0.3) is 0 Å². The maximum atomic E-state index is 13.1. The van der Waals surface area contributed by atoms with Gasteiger partial charge in [-0.05, 0) is 36.5 Å². The van der Waals surface area contributed by atoms with Crippen LogP contribution in [-0.4, -0.2) is 0 Å². The van der Waals surface area contributed by atoms with E-state index in [4.69, 9.17) is 11.0 Å². The molecule has 0 radical (unpaired) electrons. The molecule has 4 heteroatoms. The summed E-state index contributed by atoms with van der Waals surface area (Å²) in [7, 11) is 0. The van der Waals surface area contributed by atoms with Crippen LogP contribution < -0.4 is 5.73 Å². The second-order valence-electron chi connectivity index (χ2n) is 4.42. The number of halogens is 2. The Morgan fingerprint density at radius 3 is 2.59 bits per heavy atom. The number of hydrogen-bond acceptors (Lipinski definition) is 2. The van der Waals surface area contributed by atoms with Crippen molar-refractivity contribution in [2.45, 2.75) is 31.7 Å². The van der Waals surface area contributed by atoms with Crippen molar-refractivity contribution in [1.82, 2.24) is 0 Å². The molecule has 92 valence electrons. The van der Waals surface area contributed by atoms with E-state index in [0.717, 1.165) is 18.4 Å². The zero-order valence-electron chi connectivity index (χ0n) is 9.53. The zero-order valence-corrected chi connectivity index (χ0v) is 10.3. The number of hydrogen-bond donors (Lipinski definition) is 1. The fraction of sp³-hybridized carbons (Fsp3) is 0.462. The Hall–Kier alpha value is -1.11. The zero-order chi connectivity index (χ0) is 11.5. The van der Waals surface area contributed by atoms with Gasteiger partial charge in [-0.25, -0.2) is 4.39 Å². The van der Waals surface area contributed by atoms with Gasteiger partial charge in [0.2, 0.25) is 0 Å². The third-order valence-electron chi connectivity index (χ3n) is 3.40. The lowest BCUT2D eigenvalue weighted by Crippen LogP contribution is -2.19. The van der Waals surface area contributed by atoms with Crippen LogP contribution in [0.1, 0.15) is 42.9 Å². The first-order chi connectivity index (χ1) is 7.72. The minimum Gasteiger partial charge on any atom is -0.324 e. The summed E-state index contributed by atoms with van der Waals surface area (Å²) in [6, 6.07) is 6.40. The average molecular weight is 255 g/mol. The summed E-state index contributed by atoms with van der Waals surface area (Å²) in [5.41, 5.74) is 7.11. The molecule has 1 fully saturated rings. The molecule has 0 bridgehead atoms. The monoisotopic (exact) mass is 254 g/mol. The fourth-order valence-electron chi connectivity index (χ4n) is 2.42. The van der Waals surface area contributed by atoms with Crippen LogP contribution in [0.5, 0.6) is 0 Å². The predicted molar refractivity (Wildman–Crippen MR) is 67.2 cm³/mol. The standard InChI is InChI=1S/C13H15FN2.ClH/c14-12-6-5-10(7-11(12)8-15)13(16)9-3-1-2-4-9;/h5-7,9,13H,1-4,16H2;1H/t13-;/m1./s1. The minimum atomic E-state index is -0.468. The van der Waals surface area contributed by atoms with E-state index in [1.807, 2.05) is 6.07 Å². The molecule has 1 aromatic carbocycles. The summed E-state index contributed by atoms with van der Waals surface area (Å²) in [6.07, 6.45) is 4.73. The van der Waals surface area contributed by atoms with Gasteiger partial charge in [0.1, 0.15) is 11.9 Å². The SMILES string of the molecule is Cl.N#Cc1cc([C@H](N)C2CCCC2)ccc1F. The summed E-state index contributed by atoms with van der Waals surface area (Å²) in [5.74, 6) is 0.0156. The molecule has 2 rings (SSSR count). The highest BCUT2D eigenvalue weighted by molar-refractivity contribution is 5.85. The van der Waals surface area contributed by atoms with Gasteiger partial charge < -0.3 is 5.73 Å². The molecule has 1 aliphatic rings. The lowest BCUT2D eigenvalue weighted by Gasteiger charge is -2.19. The van der Waals surface area contributed by atoms with Crippen molar-refractivity contribution in [3.8, 4) is 6.07 Å². The molecule has 0 saturated heterocycles. The lowest BCUT2D eigenvalue weighted by molar-refractivity contribution is 0.444. The Kier molecular flexibility index (Phi) is 4.92. The van der Waals surface area contributed by atoms with E-state index < -0.39 is 5.82 Å². The van der Waals surface area contributed by atoms with Crippen molar-refractivity contribution in [3.63, 3.8) is 0 Å². The third-order valence-corrected chi connectivity index (χ3v) is 3.40. The summed E-state index contributed by atoms with van der Waals surface area (Å²) in [4.78, 5) is 0. The Bertz CT molecular complexity index is 422. The van der Waals surface area contributed by atoms with Gasteiger partial charge in [0.05, 0.1) is 5.56 Å². The largest absolute Gasteiger partial charge is 0.324 e. The third kappa shape index (κ3) is 2.96. The van der Waals surface area contributed by atoms with Crippen LogP contribution in [0.25, 0.3) is 0 Å². The second kappa shape index (κ2) is 6.00. The summed E-state index contributed by atoms with van der Waals surface area (Å²) >= 11 is 0. The Morgan fingerprint density at radius 1 is 1.35 bits per heavy atom. The van der Waals surface area contributed by atoms with E-state index in [2.05, 4.69) is 0 Å². The van der Waals surface area contributed by atoms with Crippen molar-refractivity contribution in [2.24, 2.45) is 11.7 Å². The predicted octanol–water partition coefficient (Wildman–Crippen LogP) is 3.31. The number of nitrogens with zero attached hydrogens (tertiary/aromatic N) is 1. The smallest absolute Gasteiger partial charge is 0.140 e. The maximum absolute atomic E-state index is 13.1. The molecule has 2 nitrogen and oxygen atoms in total. The van der Waals surface area contributed by atoms with Gasteiger partial charge >= 0.3 is 0 Å². The molecule has 17 heavy (non-hydrogen) atoms. The quantitative estimate of drug-likeness (QED) is 0.880. The average Bonchev–Trinajstić information content (AvgIpc) is 2.82. The van der Waals surface area contributed by atoms with Crippen LogP contribution in [0.2, 0.25) is 0 Å². The molecule has 0 aromatic heterocycles. The normalized spacial score (nSPS) is 17.2. The van der Waals surface area contributed by atoms with E-state index >= 15 is 0 Å². The lowest BCUT2D eigenvalue weighted by atomic mass is 9.91. The van der Waals surface area contributed by atoms with Crippen molar-refractivity contribution in [3.05, 3.63) is 35.1 Å². The molecule has 2 N–H and O–H groups in total. The van der Waals surface area contributed by atoms with Crippen molar-refractivity contribution in [1.29, 1.82) is 5.26 Å². The van der Waals surface area contributed by atoms with Crippen LogP contribution in [0.4, 0.5) is 4.39 Å². The van der Waals surface area contributed by atoms with Crippen LogP contribution in [0.3, 0.4) is 0 Å². The van der Waals surface area contributed by atoms with E-state index in [1.165, 1.54) is 18.9 Å². The van der Waals surface area contributed by atoms with Gasteiger partial charge in [-0.2, -0.15) is 5.26 Å². The molecule has 0 unspecified atom stereocenters. The Labute approximate surface area is 107 Å². The molecular formula is C13H16ClFN2. The summed E-state index contributed by atoms with van der Waals surface area (Å²) in [6.45, 7) is 0. The summed E-state index contributed by atoms with van der Waals surface area (Å²) in [5, 5.41) is 8.76. The highest BCUT2D eigenvalue weighted by Crippen LogP contribution is 2.34. The fourth-order valence-corrected chi connectivity index (χ4v) is 2.42. The van der Waals surface area contributed by atoms with E-state index in [1.54, 1.807) is 12.1 Å². The van der Waals surface area contributed by atoms with E-state index in [0.29, 0.717) is 5.92 Å². The van der Waals surface area contributed by atoms with Crippen molar-refractivity contribution >= 4 is 12.4 Å². The first-order valence-electron chi connectivity index (χ1n) is 5.67. The number of rotatable bonds is 2. The van der Waals surface area contributed by atoms with Gasteiger partial charge in [0, 0.05) is 6.04 Å². The Balaban J connectivity index is 0.00000144. The molecule has 0 amide bonds. The van der Waals surface area contributed by atoms with Crippen LogP contribution in [-0.2, 0) is 0 Å². The molecule has 0 spiro atoms. The molecule has 0 aliphatic heterocycles. The van der Waals surface area contributed by atoms with E-state index in [-0.39, 0.29) is 24.0 Å². The van der Waals surface area contributed by atoms with Crippen LogP contribution >= 0.6 is 12.4 Å². The number of nitrogens with two attached hydrogens (primary N) is 1. The Morgan fingerprint density at radius 2 is 2.00 bits per heavy atom. The van der Waals surface area contributed by atoms with Gasteiger partial charge in [-0.1, -0.05) is 18.9 Å². The molecule has 1 atom stereocenters. The van der Waals surface area contributed by atoms with Gasteiger partial charge in [-0.15, -0.1) is 12.4 Å². The van der Waals surface area contributed by atoms with Gasteiger partial charge in [0.15, 0.2) is 0 Å². The van der Waals surface area contributed by atoms with Gasteiger partial charge in [-0.3, -0.25) is 0 Å². The minimum absolute atomic E-state index is 0. The molecule has 1 aliphatic carbocycles.